The number of anilines is 1. The van der Waals surface area contributed by atoms with Gasteiger partial charge < -0.3 is 10.2 Å². The van der Waals surface area contributed by atoms with Gasteiger partial charge in [-0.2, -0.15) is 9.40 Å². The van der Waals surface area contributed by atoms with Crippen LogP contribution in [0.2, 0.25) is 5.02 Å². The average Bonchev–Trinajstić information content (AvgIpc) is 3.38. The van der Waals surface area contributed by atoms with Gasteiger partial charge in [0.2, 0.25) is 15.9 Å². The molecule has 1 aliphatic rings. The molecule has 1 aliphatic heterocycles. The van der Waals surface area contributed by atoms with E-state index in [1.54, 1.807) is 31.3 Å². The van der Waals surface area contributed by atoms with Gasteiger partial charge in [-0.05, 0) is 49.2 Å². The molecule has 0 unspecified atom stereocenters. The van der Waals surface area contributed by atoms with Gasteiger partial charge in [0.05, 0.1) is 20.3 Å². The molecule has 0 bridgehead atoms. The van der Waals surface area contributed by atoms with E-state index in [0.29, 0.717) is 37.1 Å². The number of aryl methyl sites for hydroxylation is 1. The van der Waals surface area contributed by atoms with Gasteiger partial charge in [-0.1, -0.05) is 35.9 Å². The number of fused-ring (bicyclic) bond motifs is 1. The van der Waals surface area contributed by atoms with Crippen molar-refractivity contribution < 1.29 is 21.6 Å². The molecular weight excluding hydrogens is 640 g/mol. The summed E-state index contributed by atoms with van der Waals surface area (Å²) < 4.78 is 57.7. The second-order valence-corrected chi connectivity index (χ2v) is 14.8. The minimum atomic E-state index is -4.12. The van der Waals surface area contributed by atoms with Crippen molar-refractivity contribution in [2.45, 2.75) is 22.6 Å². The number of sulfonamides is 1. The monoisotopic (exact) mass is 672 g/mol. The van der Waals surface area contributed by atoms with Gasteiger partial charge in [-0.3, -0.25) is 9.59 Å². The van der Waals surface area contributed by atoms with E-state index in [4.69, 9.17) is 11.6 Å². The predicted octanol–water partition coefficient (Wildman–Crippen LogP) is 2.83. The van der Waals surface area contributed by atoms with E-state index in [2.05, 4.69) is 17.0 Å². The number of aromatic nitrogens is 3. The number of nitrogens with zero attached hydrogens (tertiary/aromatic N) is 5. The summed E-state index contributed by atoms with van der Waals surface area (Å²) in [7, 11) is -6.59. The molecule has 1 N–H and O–H groups in total. The van der Waals surface area contributed by atoms with E-state index in [1.807, 2.05) is 4.90 Å². The van der Waals surface area contributed by atoms with Crippen LogP contribution in [-0.2, 0) is 31.9 Å². The molecule has 0 atom stereocenters. The molecule has 2 aromatic heterocycles. The molecular formula is C30H33ClN6O6S2. The van der Waals surface area contributed by atoms with Crippen LogP contribution in [0.25, 0.3) is 10.9 Å². The van der Waals surface area contributed by atoms with Crippen molar-refractivity contribution in [3.63, 3.8) is 0 Å². The fourth-order valence-corrected chi connectivity index (χ4v) is 8.41. The Labute approximate surface area is 266 Å². The molecule has 0 aliphatic carbocycles. The van der Waals surface area contributed by atoms with Crippen LogP contribution in [0, 0.1) is 5.92 Å². The number of piperidine rings is 1. The molecule has 3 heterocycles. The van der Waals surface area contributed by atoms with E-state index >= 15 is 0 Å². The van der Waals surface area contributed by atoms with E-state index in [-0.39, 0.29) is 57.3 Å². The first-order chi connectivity index (χ1) is 21.4. The third-order valence-electron chi connectivity index (χ3n) is 7.76. The summed E-state index contributed by atoms with van der Waals surface area (Å²) in [6.07, 6.45) is 3.86. The van der Waals surface area contributed by atoms with Gasteiger partial charge in [-0.25, -0.2) is 25.5 Å². The maximum absolute atomic E-state index is 13.7. The quantitative estimate of drug-likeness (QED) is 0.240. The van der Waals surface area contributed by atoms with Crippen molar-refractivity contribution in [1.82, 2.24) is 23.4 Å². The summed E-state index contributed by atoms with van der Waals surface area (Å²) in [5, 5.41) is 7.67. The molecule has 45 heavy (non-hydrogen) atoms. The minimum absolute atomic E-state index is 0.0225. The summed E-state index contributed by atoms with van der Waals surface area (Å²) in [5.41, 5.74) is -0.0767. The Kier molecular flexibility index (Phi) is 9.49. The summed E-state index contributed by atoms with van der Waals surface area (Å²) in [5.74, 6) is 0.260. The number of benzene rings is 2. The molecule has 1 fully saturated rings. The Morgan fingerprint density at radius 2 is 1.78 bits per heavy atom. The lowest BCUT2D eigenvalue weighted by Crippen LogP contribution is -2.44. The fourth-order valence-electron chi connectivity index (χ4n) is 5.28. The average molecular weight is 673 g/mol. The van der Waals surface area contributed by atoms with Crippen LogP contribution in [0.4, 0.5) is 5.82 Å². The van der Waals surface area contributed by atoms with Crippen LogP contribution in [0.15, 0.2) is 94.1 Å². The molecule has 1 saturated heterocycles. The Hall–Kier alpha value is -3.98. The first-order valence-electron chi connectivity index (χ1n) is 14.2. The first-order valence-corrected chi connectivity index (χ1v) is 17.5. The molecule has 12 nitrogen and oxygen atoms in total. The van der Waals surface area contributed by atoms with Gasteiger partial charge in [0, 0.05) is 63.3 Å². The number of carbonyl (C=O) groups is 1. The Balaban J connectivity index is 1.27. The highest BCUT2D eigenvalue weighted by Crippen LogP contribution is 2.32. The summed E-state index contributed by atoms with van der Waals surface area (Å²) in [6, 6.07) is 15.1. The van der Waals surface area contributed by atoms with E-state index in [1.165, 1.54) is 57.7 Å². The molecule has 1 amide bonds. The second kappa shape index (κ2) is 13.2. The molecule has 0 saturated carbocycles. The van der Waals surface area contributed by atoms with Crippen molar-refractivity contribution in [3.8, 4) is 0 Å². The Bertz CT molecular complexity index is 2000. The largest absolute Gasteiger partial charge is 0.355 e. The van der Waals surface area contributed by atoms with Crippen LogP contribution >= 0.6 is 11.6 Å². The van der Waals surface area contributed by atoms with E-state index in [0.717, 1.165) is 3.97 Å². The lowest BCUT2D eigenvalue weighted by Gasteiger charge is -2.32. The minimum Gasteiger partial charge on any atom is -0.355 e. The molecule has 4 aromatic rings. The molecule has 0 spiro atoms. The standard InChI is InChI=1S/C30H33ClN6O6S2/c1-3-16-36(19-15-32-30(39)22-13-17-35(18-14-22)28-11-12-29(38)34(2)33-28)44(40,41)24-9-10-25-26(31)21-37(27(25)20-24)45(42,43)23-7-5-4-6-8-23/h3-12,20-22H,1,13-19H2,2H3,(H,32,39). The van der Waals surface area contributed by atoms with Crippen molar-refractivity contribution in [3.05, 3.63) is 94.9 Å². The van der Waals surface area contributed by atoms with Crippen LogP contribution in [0.1, 0.15) is 12.8 Å². The summed E-state index contributed by atoms with van der Waals surface area (Å²) in [6.45, 7) is 4.88. The summed E-state index contributed by atoms with van der Waals surface area (Å²) >= 11 is 6.35. The van der Waals surface area contributed by atoms with Gasteiger partial charge >= 0.3 is 0 Å². The first kappa shape index (κ1) is 32.4. The molecule has 0 radical (unpaired) electrons. The number of amides is 1. The van der Waals surface area contributed by atoms with Crippen LogP contribution in [0.5, 0.6) is 0 Å². The summed E-state index contributed by atoms with van der Waals surface area (Å²) in [4.78, 5) is 26.5. The second-order valence-electron chi connectivity index (χ2n) is 10.6. The lowest BCUT2D eigenvalue weighted by atomic mass is 9.96. The maximum atomic E-state index is 13.7. The van der Waals surface area contributed by atoms with Crippen molar-refractivity contribution >= 4 is 54.3 Å². The third kappa shape index (κ3) is 6.69. The fraction of sp³-hybridized carbons (Fsp3) is 0.300. The SMILES string of the molecule is C=CCN(CCNC(=O)C1CCN(c2ccc(=O)n(C)n2)CC1)S(=O)(=O)c1ccc2c(Cl)cn(S(=O)(=O)c3ccccc3)c2c1. The van der Waals surface area contributed by atoms with Gasteiger partial charge in [-0.15, -0.1) is 6.58 Å². The zero-order valence-electron chi connectivity index (χ0n) is 24.5. The number of hydrogen-bond donors (Lipinski definition) is 1. The topological polar surface area (TPSA) is 144 Å². The van der Waals surface area contributed by atoms with E-state index < -0.39 is 20.0 Å². The zero-order chi connectivity index (χ0) is 32.4. The van der Waals surface area contributed by atoms with Crippen molar-refractivity contribution in [2.24, 2.45) is 13.0 Å². The Morgan fingerprint density at radius 3 is 2.44 bits per heavy atom. The van der Waals surface area contributed by atoms with Crippen molar-refractivity contribution in [2.75, 3.05) is 37.6 Å². The number of carbonyl (C=O) groups excluding carboxylic acids is 1. The maximum Gasteiger partial charge on any atom is 0.268 e. The number of rotatable bonds is 11. The Morgan fingerprint density at radius 1 is 1.07 bits per heavy atom. The zero-order valence-corrected chi connectivity index (χ0v) is 26.9. The number of nitrogens with one attached hydrogen (secondary N) is 1. The molecule has 15 heteroatoms. The normalized spacial score (nSPS) is 14.6. The van der Waals surface area contributed by atoms with Crippen LogP contribution < -0.4 is 15.8 Å². The smallest absolute Gasteiger partial charge is 0.268 e. The van der Waals surface area contributed by atoms with Gasteiger partial charge in [0.15, 0.2) is 0 Å². The van der Waals surface area contributed by atoms with Gasteiger partial charge in [0.25, 0.3) is 15.6 Å². The van der Waals surface area contributed by atoms with E-state index in [9.17, 15) is 26.4 Å². The number of halogens is 1. The highest BCUT2D eigenvalue weighted by atomic mass is 35.5. The van der Waals surface area contributed by atoms with Gasteiger partial charge in [0.1, 0.15) is 5.82 Å². The molecule has 5 rings (SSSR count). The molecule has 238 valence electrons. The van der Waals surface area contributed by atoms with Crippen molar-refractivity contribution in [1.29, 1.82) is 0 Å². The predicted molar refractivity (Wildman–Crippen MR) is 172 cm³/mol. The highest BCUT2D eigenvalue weighted by Gasteiger charge is 2.29. The molecule has 2 aromatic carbocycles. The lowest BCUT2D eigenvalue weighted by molar-refractivity contribution is -0.125. The third-order valence-corrected chi connectivity index (χ3v) is 11.6. The number of hydrogen-bond acceptors (Lipinski definition) is 8. The van der Waals surface area contributed by atoms with Crippen LogP contribution in [-0.4, -0.2) is 73.5 Å². The van der Waals surface area contributed by atoms with Crippen LogP contribution in [0.3, 0.4) is 0 Å². The highest BCUT2D eigenvalue weighted by molar-refractivity contribution is 7.90.